The molecule has 1 atom stereocenters. The van der Waals surface area contributed by atoms with E-state index in [1.54, 1.807) is 7.05 Å². The number of amides is 1. The first kappa shape index (κ1) is 20.1. The summed E-state index contributed by atoms with van der Waals surface area (Å²) in [6.07, 6.45) is 1.51. The van der Waals surface area contributed by atoms with Gasteiger partial charge in [0.25, 0.3) is 0 Å². The first-order valence-electron chi connectivity index (χ1n) is 9.51. The predicted molar refractivity (Wildman–Crippen MR) is 106 cm³/mol. The summed E-state index contributed by atoms with van der Waals surface area (Å²) in [5.41, 5.74) is 1.31. The maximum absolute atomic E-state index is 11.8. The van der Waals surface area contributed by atoms with Gasteiger partial charge in [0.1, 0.15) is 12.4 Å². The van der Waals surface area contributed by atoms with E-state index >= 15 is 0 Å². The molecule has 0 aliphatic carbocycles. The molecule has 0 saturated carbocycles. The van der Waals surface area contributed by atoms with Crippen molar-refractivity contribution in [2.45, 2.75) is 45.6 Å². The largest absolute Gasteiger partial charge is 0.492 e. The number of nitrogens with zero attached hydrogens (tertiary/aromatic N) is 2. The van der Waals surface area contributed by atoms with Crippen LogP contribution >= 0.6 is 0 Å². The maximum atomic E-state index is 11.8. The number of rotatable bonds is 7. The van der Waals surface area contributed by atoms with Crippen LogP contribution in [0.15, 0.2) is 29.3 Å². The van der Waals surface area contributed by atoms with E-state index in [1.807, 2.05) is 24.0 Å². The minimum absolute atomic E-state index is 0.217. The maximum Gasteiger partial charge on any atom is 0.222 e. The van der Waals surface area contributed by atoms with Gasteiger partial charge in [0.2, 0.25) is 5.91 Å². The molecule has 1 aromatic rings. The second-order valence-electron chi connectivity index (χ2n) is 6.89. The Labute approximate surface area is 157 Å². The lowest BCUT2D eigenvalue weighted by Crippen LogP contribution is -2.46. The number of carbonyl (C=O) groups excluding carboxylic acids is 1. The van der Waals surface area contributed by atoms with Crippen molar-refractivity contribution in [1.29, 1.82) is 0 Å². The number of guanidine groups is 1. The van der Waals surface area contributed by atoms with Gasteiger partial charge in [-0.25, -0.2) is 0 Å². The van der Waals surface area contributed by atoms with Crippen molar-refractivity contribution in [2.75, 3.05) is 33.3 Å². The van der Waals surface area contributed by atoms with Crippen molar-refractivity contribution in [3.05, 3.63) is 29.8 Å². The quantitative estimate of drug-likeness (QED) is 0.445. The summed E-state index contributed by atoms with van der Waals surface area (Å²) >= 11 is 0. The van der Waals surface area contributed by atoms with Crippen molar-refractivity contribution in [1.82, 2.24) is 15.5 Å². The molecule has 1 heterocycles. The average molecular weight is 361 g/mol. The van der Waals surface area contributed by atoms with Crippen LogP contribution in [-0.4, -0.2) is 56.1 Å². The van der Waals surface area contributed by atoms with Gasteiger partial charge in [-0.3, -0.25) is 9.79 Å². The zero-order chi connectivity index (χ0) is 18.9. The fraction of sp³-hybridized carbons (Fsp3) is 0.600. The van der Waals surface area contributed by atoms with Crippen LogP contribution in [-0.2, 0) is 4.79 Å². The third-order valence-corrected chi connectivity index (χ3v) is 4.62. The summed E-state index contributed by atoms with van der Waals surface area (Å²) < 4.78 is 5.77. The minimum atomic E-state index is 0.217. The molecule has 2 N–H and O–H groups in total. The first-order chi connectivity index (χ1) is 12.5. The second-order valence-corrected chi connectivity index (χ2v) is 6.89. The molecule has 6 nitrogen and oxygen atoms in total. The van der Waals surface area contributed by atoms with Crippen molar-refractivity contribution < 1.29 is 9.53 Å². The van der Waals surface area contributed by atoms with E-state index in [2.05, 4.69) is 41.6 Å². The molecule has 1 amide bonds. The van der Waals surface area contributed by atoms with E-state index in [4.69, 9.17) is 4.74 Å². The molecule has 0 aromatic heterocycles. The highest BCUT2D eigenvalue weighted by Gasteiger charge is 2.25. The van der Waals surface area contributed by atoms with Crippen molar-refractivity contribution >= 4 is 11.9 Å². The second kappa shape index (κ2) is 10.0. The number of ether oxygens (including phenoxy) is 1. The number of likely N-dealkylation sites (tertiary alicyclic amines) is 1. The standard InChI is InChI=1S/C20H32N4O2/c1-5-19(25)24-12-10-17(14-24)23-20(21-4)22-11-13-26-18-8-6-16(7-9-18)15(2)3/h6-9,15,17H,5,10-14H2,1-4H3,(H2,21,22,23). The third kappa shape index (κ3) is 5.93. The monoisotopic (exact) mass is 360 g/mol. The summed E-state index contributed by atoms with van der Waals surface area (Å²) in [5, 5.41) is 6.65. The molecule has 26 heavy (non-hydrogen) atoms. The van der Waals surface area contributed by atoms with Crippen LogP contribution in [0, 0.1) is 0 Å². The third-order valence-electron chi connectivity index (χ3n) is 4.62. The molecule has 1 aromatic carbocycles. The molecule has 0 radical (unpaired) electrons. The fourth-order valence-electron chi connectivity index (χ4n) is 3.00. The molecule has 144 valence electrons. The Kier molecular flexibility index (Phi) is 7.75. The number of benzene rings is 1. The molecule has 1 aliphatic rings. The van der Waals surface area contributed by atoms with Gasteiger partial charge in [-0.2, -0.15) is 0 Å². The first-order valence-corrected chi connectivity index (χ1v) is 9.51. The van der Waals surface area contributed by atoms with Gasteiger partial charge in [-0.15, -0.1) is 0 Å². The highest BCUT2D eigenvalue weighted by Crippen LogP contribution is 2.18. The molecule has 1 fully saturated rings. The van der Waals surface area contributed by atoms with Gasteiger partial charge < -0.3 is 20.3 Å². The lowest BCUT2D eigenvalue weighted by molar-refractivity contribution is -0.129. The zero-order valence-electron chi connectivity index (χ0n) is 16.4. The number of aliphatic imine (C=N–C) groups is 1. The number of nitrogens with one attached hydrogen (secondary N) is 2. The van der Waals surface area contributed by atoms with Gasteiger partial charge in [-0.1, -0.05) is 32.9 Å². The number of hydrogen-bond acceptors (Lipinski definition) is 3. The lowest BCUT2D eigenvalue weighted by Gasteiger charge is -2.18. The van der Waals surface area contributed by atoms with Crippen molar-refractivity contribution in [2.24, 2.45) is 4.99 Å². The van der Waals surface area contributed by atoms with Crippen LogP contribution in [0.3, 0.4) is 0 Å². The summed E-state index contributed by atoms with van der Waals surface area (Å²) in [4.78, 5) is 17.9. The zero-order valence-corrected chi connectivity index (χ0v) is 16.4. The highest BCUT2D eigenvalue weighted by atomic mass is 16.5. The van der Waals surface area contributed by atoms with Crippen LogP contribution in [0.4, 0.5) is 0 Å². The van der Waals surface area contributed by atoms with E-state index in [-0.39, 0.29) is 11.9 Å². The summed E-state index contributed by atoms with van der Waals surface area (Å²) in [7, 11) is 1.75. The smallest absolute Gasteiger partial charge is 0.222 e. The SMILES string of the molecule is CCC(=O)N1CCC(NC(=NC)NCCOc2ccc(C(C)C)cc2)C1. The number of carbonyl (C=O) groups is 1. The number of hydrogen-bond donors (Lipinski definition) is 2. The Morgan fingerprint density at radius 2 is 2.08 bits per heavy atom. The molecule has 2 rings (SSSR count). The van der Waals surface area contributed by atoms with Gasteiger partial charge in [0.15, 0.2) is 5.96 Å². The van der Waals surface area contributed by atoms with Crippen molar-refractivity contribution in [3.63, 3.8) is 0 Å². The average Bonchev–Trinajstić information content (AvgIpc) is 3.12. The predicted octanol–water partition coefficient (Wildman–Crippen LogP) is 2.36. The molecule has 0 bridgehead atoms. The molecule has 1 saturated heterocycles. The topological polar surface area (TPSA) is 66.0 Å². The molecule has 1 aliphatic heterocycles. The van der Waals surface area contributed by atoms with E-state index < -0.39 is 0 Å². The Morgan fingerprint density at radius 3 is 2.69 bits per heavy atom. The lowest BCUT2D eigenvalue weighted by atomic mass is 10.0. The summed E-state index contributed by atoms with van der Waals surface area (Å²) in [6.45, 7) is 9.05. The van der Waals surface area contributed by atoms with E-state index in [9.17, 15) is 4.79 Å². The Hall–Kier alpha value is -2.24. The van der Waals surface area contributed by atoms with Gasteiger partial charge >= 0.3 is 0 Å². The van der Waals surface area contributed by atoms with E-state index in [0.29, 0.717) is 25.5 Å². The van der Waals surface area contributed by atoms with Gasteiger partial charge in [0, 0.05) is 32.6 Å². The van der Waals surface area contributed by atoms with Crippen molar-refractivity contribution in [3.8, 4) is 5.75 Å². The highest BCUT2D eigenvalue weighted by molar-refractivity contribution is 5.80. The van der Waals surface area contributed by atoms with E-state index in [1.165, 1.54) is 5.56 Å². The van der Waals surface area contributed by atoms with E-state index in [0.717, 1.165) is 31.2 Å². The molecule has 0 spiro atoms. The molecule has 6 heteroatoms. The Morgan fingerprint density at radius 1 is 1.35 bits per heavy atom. The van der Waals surface area contributed by atoms with Gasteiger partial charge in [0.05, 0.1) is 6.54 Å². The van der Waals surface area contributed by atoms with Crippen LogP contribution in [0.5, 0.6) is 5.75 Å². The Balaban J connectivity index is 1.68. The fourth-order valence-corrected chi connectivity index (χ4v) is 3.00. The van der Waals surface area contributed by atoms with Gasteiger partial charge in [-0.05, 0) is 30.0 Å². The molecular weight excluding hydrogens is 328 g/mol. The van der Waals surface area contributed by atoms with Crippen LogP contribution in [0.25, 0.3) is 0 Å². The van der Waals surface area contributed by atoms with Crippen LogP contribution < -0.4 is 15.4 Å². The molecule has 1 unspecified atom stereocenters. The van der Waals surface area contributed by atoms with Crippen LogP contribution in [0.1, 0.15) is 45.1 Å². The van der Waals surface area contributed by atoms with Crippen LogP contribution in [0.2, 0.25) is 0 Å². The molecular formula is C20H32N4O2. The summed E-state index contributed by atoms with van der Waals surface area (Å²) in [6, 6.07) is 8.50. The summed E-state index contributed by atoms with van der Waals surface area (Å²) in [5.74, 6) is 2.37. The normalized spacial score (nSPS) is 17.5. The minimum Gasteiger partial charge on any atom is -0.492 e. The Bertz CT molecular complexity index is 598.